The molecule has 0 amide bonds. The molecular formula is C39H30ClF2N7O3. The smallest absolute Gasteiger partial charge is 0.199 e. The Bertz CT molecular complexity index is 2360. The van der Waals surface area contributed by atoms with Gasteiger partial charge in [-0.15, -0.1) is 16.7 Å². The number of benzene rings is 4. The van der Waals surface area contributed by atoms with Gasteiger partial charge in [-0.2, -0.15) is 5.26 Å². The number of alkyl halides is 1. The number of nitriles is 1. The average Bonchev–Trinajstić information content (AvgIpc) is 3.81. The molecule has 0 saturated heterocycles. The maximum Gasteiger partial charge on any atom is 0.199 e. The highest BCUT2D eigenvalue weighted by molar-refractivity contribution is 6.22. The molecule has 3 aromatic heterocycles. The summed E-state index contributed by atoms with van der Waals surface area (Å²) in [6, 6.07) is 28.0. The van der Waals surface area contributed by atoms with Crippen LogP contribution in [-0.2, 0) is 13.1 Å². The molecule has 0 fully saturated rings. The van der Waals surface area contributed by atoms with Gasteiger partial charge in [0.25, 0.3) is 0 Å². The van der Waals surface area contributed by atoms with E-state index in [0.29, 0.717) is 64.4 Å². The zero-order valence-electron chi connectivity index (χ0n) is 28.2. The summed E-state index contributed by atoms with van der Waals surface area (Å²) >= 11 is 6.82. The van der Waals surface area contributed by atoms with E-state index < -0.39 is 17.0 Å². The normalized spacial score (nSPS) is 11.7. The van der Waals surface area contributed by atoms with Crippen molar-refractivity contribution in [1.29, 1.82) is 5.26 Å². The lowest BCUT2D eigenvalue weighted by atomic mass is 10.0. The number of anilines is 1. The quantitative estimate of drug-likeness (QED) is 0.122. The summed E-state index contributed by atoms with van der Waals surface area (Å²) in [5, 5.41) is 13.2. The molecule has 7 aromatic rings. The predicted octanol–water partition coefficient (Wildman–Crippen LogP) is 8.46. The number of hydrogen-bond donors (Lipinski definition) is 0. The van der Waals surface area contributed by atoms with Crippen molar-refractivity contribution in [2.75, 3.05) is 19.1 Å². The van der Waals surface area contributed by atoms with Crippen LogP contribution < -0.4 is 14.4 Å². The molecule has 1 atom stereocenters. The van der Waals surface area contributed by atoms with Crippen LogP contribution in [0.25, 0.3) is 28.4 Å². The zero-order chi connectivity index (χ0) is 36.4. The fourth-order valence-electron chi connectivity index (χ4n) is 5.92. The van der Waals surface area contributed by atoms with Gasteiger partial charge < -0.3 is 18.8 Å². The van der Waals surface area contributed by atoms with Crippen LogP contribution in [0, 0.1) is 29.9 Å². The van der Waals surface area contributed by atoms with Crippen LogP contribution in [-0.4, -0.2) is 38.8 Å². The van der Waals surface area contributed by atoms with E-state index in [1.165, 1.54) is 17.0 Å². The number of oxazole rings is 1. The summed E-state index contributed by atoms with van der Waals surface area (Å²) in [5.41, 5.74) is 3.99. The van der Waals surface area contributed by atoms with Gasteiger partial charge in [0.05, 0.1) is 31.5 Å². The van der Waals surface area contributed by atoms with Crippen LogP contribution in [0.5, 0.6) is 11.5 Å². The number of nitrogens with zero attached hydrogens (tertiary/aromatic N) is 7. The largest absolute Gasteiger partial charge is 0.497 e. The van der Waals surface area contributed by atoms with Crippen LogP contribution in [0.1, 0.15) is 39.1 Å². The molecule has 1 unspecified atom stereocenters. The molecule has 0 saturated carbocycles. The molecule has 0 spiro atoms. The molecule has 0 radical (unpaired) electrons. The van der Waals surface area contributed by atoms with E-state index in [4.69, 9.17) is 40.6 Å². The number of hydrogen-bond acceptors (Lipinski definition) is 9. The topological polar surface area (TPSA) is 115 Å². The minimum absolute atomic E-state index is 0.0658. The molecule has 7 rings (SSSR count). The summed E-state index contributed by atoms with van der Waals surface area (Å²) in [4.78, 5) is 16.4. The summed E-state index contributed by atoms with van der Waals surface area (Å²) in [6.07, 6.45) is 1.30. The van der Waals surface area contributed by atoms with Crippen LogP contribution in [0.15, 0.2) is 102 Å². The van der Waals surface area contributed by atoms with Crippen LogP contribution in [0.4, 0.5) is 14.6 Å². The van der Waals surface area contributed by atoms with Crippen molar-refractivity contribution in [1.82, 2.24) is 24.6 Å². The molecule has 260 valence electrons. The van der Waals surface area contributed by atoms with Gasteiger partial charge in [0.1, 0.15) is 39.9 Å². The number of fused-ring (bicyclic) bond motifs is 1. The van der Waals surface area contributed by atoms with Crippen molar-refractivity contribution in [2.45, 2.75) is 25.4 Å². The number of aryl methyl sites for hydroxylation is 1. The van der Waals surface area contributed by atoms with E-state index in [1.54, 1.807) is 39.3 Å². The maximum atomic E-state index is 15.1. The second-order valence-corrected chi connectivity index (χ2v) is 12.3. The lowest BCUT2D eigenvalue weighted by Crippen LogP contribution is -2.25. The Labute approximate surface area is 302 Å². The molecule has 13 heteroatoms. The van der Waals surface area contributed by atoms with Crippen LogP contribution in [0.2, 0.25) is 0 Å². The maximum absolute atomic E-state index is 15.1. The lowest BCUT2D eigenvalue weighted by molar-refractivity contribution is 0.414. The van der Waals surface area contributed by atoms with E-state index in [9.17, 15) is 5.26 Å². The molecule has 4 aromatic carbocycles. The molecule has 0 bridgehead atoms. The van der Waals surface area contributed by atoms with Crippen LogP contribution >= 0.6 is 11.6 Å². The van der Waals surface area contributed by atoms with E-state index in [0.717, 1.165) is 23.3 Å². The third-order valence-electron chi connectivity index (χ3n) is 8.55. The highest BCUT2D eigenvalue weighted by atomic mass is 35.5. The fraction of sp³-hybridized carbons (Fsp3) is 0.154. The first-order chi connectivity index (χ1) is 25.3. The Balaban J connectivity index is 1.52. The van der Waals surface area contributed by atoms with E-state index >= 15 is 8.78 Å². The minimum atomic E-state index is -1.40. The molecule has 0 aliphatic heterocycles. The van der Waals surface area contributed by atoms with Gasteiger partial charge in [-0.3, -0.25) is 0 Å². The van der Waals surface area contributed by atoms with Crippen molar-refractivity contribution >= 4 is 23.1 Å². The Morgan fingerprint density at radius 2 is 1.50 bits per heavy atom. The second kappa shape index (κ2) is 14.5. The monoisotopic (exact) mass is 717 g/mol. The van der Waals surface area contributed by atoms with Crippen molar-refractivity contribution in [3.8, 4) is 40.3 Å². The average molecular weight is 718 g/mol. The number of ether oxygens (including phenoxy) is 2. The summed E-state index contributed by atoms with van der Waals surface area (Å²) in [7, 11) is 3.21. The first kappa shape index (κ1) is 34.1. The van der Waals surface area contributed by atoms with Gasteiger partial charge in [0, 0.05) is 24.2 Å². The molecular weight excluding hydrogens is 688 g/mol. The first-order valence-electron chi connectivity index (χ1n) is 16.1. The van der Waals surface area contributed by atoms with Crippen molar-refractivity contribution < 1.29 is 22.7 Å². The Kier molecular flexibility index (Phi) is 9.52. The van der Waals surface area contributed by atoms with Gasteiger partial charge in [0.2, 0.25) is 0 Å². The van der Waals surface area contributed by atoms with Crippen LogP contribution in [0.3, 0.4) is 0 Å². The van der Waals surface area contributed by atoms with Gasteiger partial charge in [-0.05, 0) is 66.6 Å². The van der Waals surface area contributed by atoms with Gasteiger partial charge in [-0.1, -0.05) is 42.5 Å². The minimum Gasteiger partial charge on any atom is -0.497 e. The standard InChI is InChI=1S/C39H30ClF2N7O3/c1-23-36(52-22-44-23)35-34(27-7-4-6-26(18-27)19-43)45-38(39-46-37(47-49(35)39)33(40)32-30(41)8-5-9-31(32)42)48(20-24-10-14-28(50-2)15-11-24)21-25-12-16-29(51-3)17-13-25/h4-18,22,33H,20-21H2,1-3H3. The van der Waals surface area contributed by atoms with E-state index in [1.807, 2.05) is 59.5 Å². The SMILES string of the molecule is COc1ccc(CN(Cc2ccc(OC)cc2)c2nc(-c3cccc(C#N)c3)c(-c3ocnc3C)n3nc(C(Cl)c4c(F)cccc4F)nc23)cc1. The number of methoxy groups -OCH3 is 2. The Morgan fingerprint density at radius 1 is 0.885 bits per heavy atom. The first-order valence-corrected chi connectivity index (χ1v) is 16.5. The zero-order valence-corrected chi connectivity index (χ0v) is 29.0. The highest BCUT2D eigenvalue weighted by Gasteiger charge is 2.30. The third-order valence-corrected chi connectivity index (χ3v) is 8.96. The van der Waals surface area contributed by atoms with Crippen molar-refractivity contribution in [2.24, 2.45) is 0 Å². The van der Waals surface area contributed by atoms with Gasteiger partial charge in [0.15, 0.2) is 29.4 Å². The number of halogens is 3. The Morgan fingerprint density at radius 3 is 2.06 bits per heavy atom. The van der Waals surface area contributed by atoms with E-state index in [-0.39, 0.29) is 17.0 Å². The fourth-order valence-corrected chi connectivity index (χ4v) is 6.22. The van der Waals surface area contributed by atoms with Gasteiger partial charge in [-0.25, -0.2) is 28.2 Å². The number of rotatable bonds is 11. The lowest BCUT2D eigenvalue weighted by Gasteiger charge is -2.26. The third kappa shape index (κ3) is 6.61. The molecule has 52 heavy (non-hydrogen) atoms. The van der Waals surface area contributed by atoms with Crippen molar-refractivity contribution in [3.05, 3.63) is 143 Å². The molecule has 0 aliphatic rings. The number of aromatic nitrogens is 5. The summed E-state index contributed by atoms with van der Waals surface area (Å²) in [6.45, 7) is 2.47. The van der Waals surface area contributed by atoms with Gasteiger partial charge >= 0.3 is 0 Å². The predicted molar refractivity (Wildman–Crippen MR) is 191 cm³/mol. The highest BCUT2D eigenvalue weighted by Crippen LogP contribution is 2.39. The van der Waals surface area contributed by atoms with E-state index in [2.05, 4.69) is 11.1 Å². The summed E-state index contributed by atoms with van der Waals surface area (Å²) < 4.78 is 48.4. The van der Waals surface area contributed by atoms with Crippen molar-refractivity contribution in [3.63, 3.8) is 0 Å². The summed E-state index contributed by atoms with van der Waals surface area (Å²) in [5.74, 6) is 0.376. The molecule has 10 nitrogen and oxygen atoms in total. The second-order valence-electron chi connectivity index (χ2n) is 11.8. The molecule has 0 aliphatic carbocycles. The Hall–Kier alpha value is -6.32. The molecule has 3 heterocycles. The molecule has 0 N–H and O–H groups in total.